The summed E-state index contributed by atoms with van der Waals surface area (Å²) in [6, 6.07) is 13.0. The first-order valence-electron chi connectivity index (χ1n) is 14.1. The quantitative estimate of drug-likeness (QED) is 0.145. The fourth-order valence-electron chi connectivity index (χ4n) is 4.73. The number of fused-ring (bicyclic) bond motifs is 1. The zero-order valence-electron chi connectivity index (χ0n) is 24.7. The van der Waals surface area contributed by atoms with Crippen LogP contribution in [0.25, 0.3) is 22.3 Å². The number of hydrogen-bond acceptors (Lipinski definition) is 9. The molecule has 0 radical (unpaired) electrons. The largest absolute Gasteiger partial charge is 0.487 e. The molecule has 1 atom stereocenters. The van der Waals surface area contributed by atoms with Gasteiger partial charge in [-0.15, -0.1) is 11.3 Å². The topological polar surface area (TPSA) is 110 Å². The summed E-state index contributed by atoms with van der Waals surface area (Å²) in [4.78, 5) is 18.2. The van der Waals surface area contributed by atoms with Crippen molar-refractivity contribution >= 4 is 55.4 Å². The van der Waals surface area contributed by atoms with Crippen LogP contribution in [0, 0.1) is 5.82 Å². The van der Waals surface area contributed by atoms with Gasteiger partial charge >= 0.3 is 0 Å². The number of pyridine rings is 1. The van der Waals surface area contributed by atoms with E-state index in [0.717, 1.165) is 5.39 Å². The molecular formula is C31H32ClFN6O3S2. The number of nitrogens with one attached hydrogen (secondary N) is 1. The van der Waals surface area contributed by atoms with Crippen LogP contribution in [0.3, 0.4) is 0 Å². The van der Waals surface area contributed by atoms with Gasteiger partial charge in [0.2, 0.25) is 10.0 Å². The highest BCUT2D eigenvalue weighted by atomic mass is 35.5. The average Bonchev–Trinajstić information content (AvgIpc) is 3.49. The van der Waals surface area contributed by atoms with Crippen molar-refractivity contribution in [2.75, 3.05) is 11.9 Å². The van der Waals surface area contributed by atoms with Crippen LogP contribution >= 0.6 is 22.9 Å². The van der Waals surface area contributed by atoms with Crippen LogP contribution in [0.4, 0.5) is 15.9 Å². The van der Waals surface area contributed by atoms with Crippen LogP contribution in [0.5, 0.6) is 5.75 Å². The van der Waals surface area contributed by atoms with E-state index in [4.69, 9.17) is 21.3 Å². The zero-order valence-corrected chi connectivity index (χ0v) is 27.0. The molecule has 0 aliphatic carbocycles. The standard InChI is InChI=1S/C31H32ClFN6O3S2/c1-5-28(39(6-2)44(40,41)19(3)4)31-38-27(17-43-31)25-14-23-26(15-34-25)35-18-36-30(23)37-22-10-11-29(24(32)13-22)42-16-20-8-7-9-21(33)12-20/h7-15,17-19,28H,5-6,16H2,1-4H3,(H,35,36,37). The number of hydrogen-bond donors (Lipinski definition) is 1. The van der Waals surface area contributed by atoms with E-state index < -0.39 is 15.3 Å². The summed E-state index contributed by atoms with van der Waals surface area (Å²) in [5.41, 5.74) is 3.26. The number of ether oxygens (including phenoxy) is 1. The Morgan fingerprint density at radius 1 is 1.07 bits per heavy atom. The molecule has 0 aliphatic heterocycles. The molecule has 2 aromatic carbocycles. The molecule has 5 aromatic rings. The second-order valence-electron chi connectivity index (χ2n) is 10.3. The van der Waals surface area contributed by atoms with Gasteiger partial charge in [0.15, 0.2) is 0 Å². The number of nitrogens with zero attached hydrogens (tertiary/aromatic N) is 5. The van der Waals surface area contributed by atoms with Crippen LogP contribution in [-0.4, -0.2) is 44.5 Å². The third-order valence-electron chi connectivity index (χ3n) is 7.04. The van der Waals surface area contributed by atoms with E-state index in [1.807, 2.05) is 31.4 Å². The van der Waals surface area contributed by atoms with Crippen LogP contribution in [0.2, 0.25) is 5.02 Å². The summed E-state index contributed by atoms with van der Waals surface area (Å²) in [6.45, 7) is 7.73. The molecule has 1 N–H and O–H groups in total. The van der Waals surface area contributed by atoms with Crippen molar-refractivity contribution in [2.45, 2.75) is 52.0 Å². The Kier molecular flexibility index (Phi) is 9.74. The van der Waals surface area contributed by atoms with Crippen LogP contribution in [-0.2, 0) is 16.6 Å². The van der Waals surface area contributed by atoms with Crippen LogP contribution in [0.15, 0.2) is 66.4 Å². The Bertz CT molecular complexity index is 1890. The minimum atomic E-state index is -3.46. The first kappa shape index (κ1) is 31.7. The maximum Gasteiger partial charge on any atom is 0.217 e. The van der Waals surface area contributed by atoms with Crippen molar-refractivity contribution in [3.8, 4) is 17.1 Å². The molecule has 230 valence electrons. The fourth-order valence-corrected chi connectivity index (χ4v) is 7.54. The number of sulfonamides is 1. The van der Waals surface area contributed by atoms with Crippen LogP contribution < -0.4 is 10.1 Å². The van der Waals surface area contributed by atoms with Gasteiger partial charge in [-0.3, -0.25) is 4.98 Å². The molecule has 5 rings (SSSR count). The van der Waals surface area contributed by atoms with Gasteiger partial charge in [0.25, 0.3) is 0 Å². The maximum atomic E-state index is 13.5. The van der Waals surface area contributed by atoms with E-state index in [2.05, 4.69) is 20.3 Å². The summed E-state index contributed by atoms with van der Waals surface area (Å²) in [5, 5.41) is 6.48. The summed E-state index contributed by atoms with van der Waals surface area (Å²) >= 11 is 7.92. The summed E-state index contributed by atoms with van der Waals surface area (Å²) in [5.74, 6) is 0.686. The van der Waals surface area contributed by atoms with Crippen molar-refractivity contribution < 1.29 is 17.5 Å². The molecule has 0 bridgehead atoms. The first-order valence-corrected chi connectivity index (χ1v) is 16.9. The predicted molar refractivity (Wildman–Crippen MR) is 173 cm³/mol. The van der Waals surface area contributed by atoms with E-state index in [1.165, 1.54) is 34.1 Å². The molecule has 0 fully saturated rings. The van der Waals surface area contributed by atoms with E-state index in [9.17, 15) is 12.8 Å². The SMILES string of the molecule is CCC(c1nc(-c2cc3c(Nc4ccc(OCc5cccc(F)c5)c(Cl)c4)ncnc3cn2)cs1)N(CC)S(=O)(=O)C(C)C. The fraction of sp³-hybridized carbons (Fsp3) is 0.290. The molecular weight excluding hydrogens is 623 g/mol. The molecule has 13 heteroatoms. The molecule has 0 amide bonds. The molecule has 0 spiro atoms. The number of rotatable bonds is 12. The molecule has 44 heavy (non-hydrogen) atoms. The van der Waals surface area contributed by atoms with Gasteiger partial charge in [0, 0.05) is 23.0 Å². The second kappa shape index (κ2) is 13.5. The summed E-state index contributed by atoms with van der Waals surface area (Å²) in [6.07, 6.45) is 3.70. The van der Waals surface area contributed by atoms with Gasteiger partial charge in [0.05, 0.1) is 39.4 Å². The Balaban J connectivity index is 1.38. The van der Waals surface area contributed by atoms with Gasteiger partial charge < -0.3 is 10.1 Å². The molecule has 1 unspecified atom stereocenters. The van der Waals surface area contributed by atoms with Crippen molar-refractivity contribution in [2.24, 2.45) is 0 Å². The Morgan fingerprint density at radius 3 is 2.59 bits per heavy atom. The number of benzene rings is 2. The number of halogens is 2. The van der Waals surface area contributed by atoms with E-state index >= 15 is 0 Å². The van der Waals surface area contributed by atoms with Crippen molar-refractivity contribution in [1.29, 1.82) is 0 Å². The lowest BCUT2D eigenvalue weighted by Gasteiger charge is -2.29. The molecule has 0 aliphatic rings. The lowest BCUT2D eigenvalue weighted by Crippen LogP contribution is -2.39. The molecule has 3 heterocycles. The highest BCUT2D eigenvalue weighted by Gasteiger charge is 2.33. The lowest BCUT2D eigenvalue weighted by molar-refractivity contribution is 0.306. The van der Waals surface area contributed by atoms with Crippen molar-refractivity contribution in [3.05, 3.63) is 87.8 Å². The minimum Gasteiger partial charge on any atom is -0.487 e. The second-order valence-corrected chi connectivity index (χ2v) is 14.0. The Morgan fingerprint density at radius 2 is 1.89 bits per heavy atom. The van der Waals surface area contributed by atoms with Gasteiger partial charge in [-0.25, -0.2) is 27.8 Å². The number of aromatic nitrogens is 4. The number of anilines is 2. The number of thiazole rings is 1. The van der Waals surface area contributed by atoms with Crippen molar-refractivity contribution in [1.82, 2.24) is 24.2 Å². The average molecular weight is 655 g/mol. The third kappa shape index (κ3) is 6.83. The summed E-state index contributed by atoms with van der Waals surface area (Å²) < 4.78 is 46.9. The highest BCUT2D eigenvalue weighted by molar-refractivity contribution is 7.89. The third-order valence-corrected chi connectivity index (χ3v) is 10.6. The van der Waals surface area contributed by atoms with Crippen LogP contribution in [0.1, 0.15) is 50.7 Å². The van der Waals surface area contributed by atoms with Gasteiger partial charge in [-0.05, 0) is 62.2 Å². The maximum absolute atomic E-state index is 13.5. The first-order chi connectivity index (χ1) is 21.1. The molecule has 0 saturated heterocycles. The molecule has 0 saturated carbocycles. The minimum absolute atomic E-state index is 0.179. The molecule has 3 aromatic heterocycles. The van der Waals surface area contributed by atoms with Gasteiger partial charge in [0.1, 0.15) is 35.3 Å². The van der Waals surface area contributed by atoms with E-state index in [0.29, 0.717) is 62.7 Å². The molecule has 9 nitrogen and oxygen atoms in total. The van der Waals surface area contributed by atoms with E-state index in [1.54, 1.807) is 44.3 Å². The summed E-state index contributed by atoms with van der Waals surface area (Å²) in [7, 11) is -3.46. The lowest BCUT2D eigenvalue weighted by atomic mass is 10.2. The Labute approximate surface area is 265 Å². The smallest absolute Gasteiger partial charge is 0.217 e. The Hall–Kier alpha value is -3.71. The van der Waals surface area contributed by atoms with Crippen molar-refractivity contribution in [3.63, 3.8) is 0 Å². The monoisotopic (exact) mass is 654 g/mol. The normalized spacial score (nSPS) is 12.6. The van der Waals surface area contributed by atoms with E-state index in [-0.39, 0.29) is 18.5 Å². The van der Waals surface area contributed by atoms with Gasteiger partial charge in [-0.2, -0.15) is 4.31 Å². The highest BCUT2D eigenvalue weighted by Crippen LogP contribution is 2.35. The zero-order chi connectivity index (χ0) is 31.4. The predicted octanol–water partition coefficient (Wildman–Crippen LogP) is 7.77. The van der Waals surface area contributed by atoms with Gasteiger partial charge in [-0.1, -0.05) is 37.6 Å².